The zero-order valence-corrected chi connectivity index (χ0v) is 17.2. The zero-order valence-electron chi connectivity index (χ0n) is 17.2. The van der Waals surface area contributed by atoms with Crippen molar-refractivity contribution < 1.29 is 13.5 Å². The molecule has 0 saturated carbocycles. The van der Waals surface area contributed by atoms with E-state index in [-0.39, 0.29) is 11.3 Å². The highest BCUT2D eigenvalue weighted by Gasteiger charge is 2.15. The first-order valence-corrected chi connectivity index (χ1v) is 10.4. The summed E-state index contributed by atoms with van der Waals surface area (Å²) in [7, 11) is 0. The number of ether oxygens (including phenoxy) is 1. The molecule has 1 nitrogen and oxygen atoms in total. The molecule has 0 heterocycles. The third-order valence-electron chi connectivity index (χ3n) is 5.20. The molecule has 152 valence electrons. The van der Waals surface area contributed by atoms with Crippen LogP contribution in [0, 0.1) is 11.6 Å². The number of unbranched alkanes of at least 4 members (excludes halogenated alkanes) is 1. The average Bonchev–Trinajstić information content (AvgIpc) is 2.76. The highest BCUT2D eigenvalue weighted by molar-refractivity contribution is 5.65. The van der Waals surface area contributed by atoms with Crippen LogP contribution in [0.3, 0.4) is 0 Å². The largest absolute Gasteiger partial charge is 0.490 e. The maximum Gasteiger partial charge on any atom is 0.201 e. The Morgan fingerprint density at radius 2 is 1.28 bits per heavy atom. The van der Waals surface area contributed by atoms with Gasteiger partial charge in [-0.25, -0.2) is 4.39 Å². The molecule has 29 heavy (non-hydrogen) atoms. The van der Waals surface area contributed by atoms with Crippen molar-refractivity contribution in [3.8, 4) is 16.9 Å². The van der Waals surface area contributed by atoms with E-state index in [4.69, 9.17) is 4.74 Å². The van der Waals surface area contributed by atoms with E-state index in [2.05, 4.69) is 31.2 Å². The van der Waals surface area contributed by atoms with Crippen molar-refractivity contribution in [1.82, 2.24) is 0 Å². The predicted octanol–water partition coefficient (Wildman–Crippen LogP) is 7.16. The van der Waals surface area contributed by atoms with Crippen LogP contribution in [0.4, 0.5) is 8.78 Å². The van der Waals surface area contributed by atoms with Crippen molar-refractivity contribution in [2.75, 3.05) is 6.61 Å². The van der Waals surface area contributed by atoms with E-state index in [1.54, 1.807) is 6.07 Å². The Morgan fingerprint density at radius 1 is 0.690 bits per heavy atom. The molecule has 3 heteroatoms. The molecule has 0 saturated heterocycles. The molecule has 0 aliphatic heterocycles. The zero-order chi connectivity index (χ0) is 20.6. The van der Waals surface area contributed by atoms with Crippen LogP contribution < -0.4 is 4.74 Å². The lowest BCUT2D eigenvalue weighted by Gasteiger charge is -2.11. The Bertz CT molecular complexity index is 915. The Balaban J connectivity index is 1.66. The fourth-order valence-electron chi connectivity index (χ4n) is 3.27. The average molecular weight is 395 g/mol. The summed E-state index contributed by atoms with van der Waals surface area (Å²) in [6, 6.07) is 19.5. The smallest absolute Gasteiger partial charge is 0.201 e. The molecule has 3 rings (SSSR count). The van der Waals surface area contributed by atoms with Gasteiger partial charge in [0, 0.05) is 5.56 Å². The van der Waals surface area contributed by atoms with Crippen molar-refractivity contribution in [2.24, 2.45) is 0 Å². The molecule has 0 spiro atoms. The molecule has 0 unspecified atom stereocenters. The van der Waals surface area contributed by atoms with Gasteiger partial charge in [-0.05, 0) is 60.1 Å². The number of aryl methyl sites for hydroxylation is 3. The van der Waals surface area contributed by atoms with Crippen LogP contribution in [0.15, 0.2) is 60.7 Å². The number of halogens is 2. The second kappa shape index (κ2) is 10.2. The van der Waals surface area contributed by atoms with Gasteiger partial charge in [0.1, 0.15) is 0 Å². The van der Waals surface area contributed by atoms with Crippen LogP contribution >= 0.6 is 0 Å². The Hall–Kier alpha value is -2.68. The fourth-order valence-corrected chi connectivity index (χ4v) is 3.27. The molecule has 0 aromatic heterocycles. The molecule has 0 aliphatic rings. The lowest BCUT2D eigenvalue weighted by molar-refractivity contribution is 0.289. The lowest BCUT2D eigenvalue weighted by Crippen LogP contribution is -2.01. The SMILES string of the molecule is CCCCOc1ccc(-c2ccc(CCc3ccc(CC)cc3)cc2)c(F)c1F. The van der Waals surface area contributed by atoms with E-state index >= 15 is 0 Å². The minimum absolute atomic E-state index is 0.0228. The molecule has 3 aromatic rings. The second-order valence-electron chi connectivity index (χ2n) is 7.31. The van der Waals surface area contributed by atoms with Gasteiger partial charge in [0.15, 0.2) is 11.6 Å². The van der Waals surface area contributed by atoms with E-state index in [9.17, 15) is 8.78 Å². The summed E-state index contributed by atoms with van der Waals surface area (Å²) in [5, 5.41) is 0. The van der Waals surface area contributed by atoms with Gasteiger partial charge in [0.2, 0.25) is 5.82 Å². The molecule has 0 radical (unpaired) electrons. The molecule has 0 fully saturated rings. The first-order valence-electron chi connectivity index (χ1n) is 10.4. The molecule has 0 aliphatic carbocycles. The third kappa shape index (κ3) is 5.44. The van der Waals surface area contributed by atoms with Gasteiger partial charge in [0.25, 0.3) is 0 Å². The number of benzene rings is 3. The maximum atomic E-state index is 14.5. The molecular weight excluding hydrogens is 366 g/mol. The van der Waals surface area contributed by atoms with Gasteiger partial charge in [-0.3, -0.25) is 0 Å². The van der Waals surface area contributed by atoms with E-state index < -0.39 is 11.6 Å². The third-order valence-corrected chi connectivity index (χ3v) is 5.20. The van der Waals surface area contributed by atoms with E-state index in [1.807, 2.05) is 31.2 Å². The summed E-state index contributed by atoms with van der Waals surface area (Å²) in [5.41, 5.74) is 4.74. The lowest BCUT2D eigenvalue weighted by atomic mass is 9.99. The van der Waals surface area contributed by atoms with Crippen LogP contribution in [0.5, 0.6) is 5.75 Å². The number of rotatable bonds is 9. The highest BCUT2D eigenvalue weighted by atomic mass is 19.2. The topological polar surface area (TPSA) is 9.23 Å². The van der Waals surface area contributed by atoms with E-state index in [1.165, 1.54) is 22.8 Å². The van der Waals surface area contributed by atoms with Crippen molar-refractivity contribution in [1.29, 1.82) is 0 Å². The van der Waals surface area contributed by atoms with Gasteiger partial charge >= 0.3 is 0 Å². The molecule has 3 aromatic carbocycles. The Labute approximate surface area is 172 Å². The van der Waals surface area contributed by atoms with E-state index in [0.29, 0.717) is 12.2 Å². The summed E-state index contributed by atoms with van der Waals surface area (Å²) >= 11 is 0. The summed E-state index contributed by atoms with van der Waals surface area (Å²) in [6.45, 7) is 4.56. The van der Waals surface area contributed by atoms with Crippen LogP contribution in [-0.4, -0.2) is 6.61 Å². The monoisotopic (exact) mass is 394 g/mol. The second-order valence-corrected chi connectivity index (χ2v) is 7.31. The van der Waals surface area contributed by atoms with Crippen LogP contribution in [0.25, 0.3) is 11.1 Å². The molecule has 0 amide bonds. The summed E-state index contributed by atoms with van der Waals surface area (Å²) in [6.07, 6.45) is 4.67. The highest BCUT2D eigenvalue weighted by Crippen LogP contribution is 2.30. The van der Waals surface area contributed by atoms with Gasteiger partial charge < -0.3 is 4.74 Å². The summed E-state index contributed by atoms with van der Waals surface area (Å²) in [4.78, 5) is 0. The fraction of sp³-hybridized carbons (Fsp3) is 0.308. The van der Waals surface area contributed by atoms with Crippen molar-refractivity contribution in [2.45, 2.75) is 46.0 Å². The number of hydrogen-bond donors (Lipinski definition) is 0. The molecular formula is C26H28F2O. The van der Waals surface area contributed by atoms with Crippen molar-refractivity contribution in [3.63, 3.8) is 0 Å². The molecule has 0 bridgehead atoms. The van der Waals surface area contributed by atoms with Crippen LogP contribution in [0.2, 0.25) is 0 Å². The van der Waals surface area contributed by atoms with Gasteiger partial charge in [-0.2, -0.15) is 4.39 Å². The van der Waals surface area contributed by atoms with Gasteiger partial charge in [0.05, 0.1) is 6.61 Å². The number of hydrogen-bond acceptors (Lipinski definition) is 1. The van der Waals surface area contributed by atoms with Crippen LogP contribution in [-0.2, 0) is 19.3 Å². The first kappa shape index (κ1) is 21.0. The predicted molar refractivity (Wildman–Crippen MR) is 115 cm³/mol. The standard InChI is InChI=1S/C26H28F2O/c1-3-5-18-29-24-17-16-23(25(27)26(24)28)22-14-12-21(13-15-22)11-10-20-8-6-19(4-2)7-9-20/h6-9,12-17H,3-5,10-11,18H2,1-2H3. The van der Waals surface area contributed by atoms with Crippen molar-refractivity contribution >= 4 is 0 Å². The Morgan fingerprint density at radius 3 is 1.86 bits per heavy atom. The van der Waals surface area contributed by atoms with Gasteiger partial charge in [-0.15, -0.1) is 0 Å². The Kier molecular flexibility index (Phi) is 7.40. The molecule has 0 atom stereocenters. The minimum Gasteiger partial charge on any atom is -0.490 e. The summed E-state index contributed by atoms with van der Waals surface area (Å²) in [5.74, 6) is -1.80. The quantitative estimate of drug-likeness (QED) is 0.350. The normalized spacial score (nSPS) is 10.9. The van der Waals surface area contributed by atoms with Crippen LogP contribution in [0.1, 0.15) is 43.4 Å². The minimum atomic E-state index is -0.918. The van der Waals surface area contributed by atoms with E-state index in [0.717, 1.165) is 32.1 Å². The summed E-state index contributed by atoms with van der Waals surface area (Å²) < 4.78 is 34.2. The molecule has 0 N–H and O–H groups in total. The van der Waals surface area contributed by atoms with Crippen molar-refractivity contribution in [3.05, 3.63) is 89.0 Å². The maximum absolute atomic E-state index is 14.5. The van der Waals surface area contributed by atoms with Gasteiger partial charge in [-0.1, -0.05) is 68.8 Å². The first-order chi connectivity index (χ1) is 14.1.